The van der Waals surface area contributed by atoms with Crippen LogP contribution in [0, 0.1) is 0 Å². The minimum absolute atomic E-state index is 0.0109. The van der Waals surface area contributed by atoms with Crippen molar-refractivity contribution in [1.29, 1.82) is 0 Å². The van der Waals surface area contributed by atoms with Gasteiger partial charge < -0.3 is 4.74 Å². The molecule has 1 aliphatic rings. The fourth-order valence-electron chi connectivity index (χ4n) is 2.15. The van der Waals surface area contributed by atoms with E-state index in [4.69, 9.17) is 4.74 Å². The van der Waals surface area contributed by atoms with Crippen LogP contribution in [0.1, 0.15) is 44.6 Å². The average molecular weight is 282 g/mol. The van der Waals surface area contributed by atoms with Gasteiger partial charge in [-0.15, -0.1) is 0 Å². The van der Waals surface area contributed by atoms with E-state index in [1.54, 1.807) is 12.1 Å². The van der Waals surface area contributed by atoms with Gasteiger partial charge in [-0.2, -0.15) is 0 Å². The molecule has 0 N–H and O–H groups in total. The average Bonchev–Trinajstić information content (AvgIpc) is 2.50. The molecule has 3 rings (SSSR count). The van der Waals surface area contributed by atoms with Crippen LogP contribution in [0.5, 0.6) is 0 Å². The fraction of sp³-hybridized carbons (Fsp3) is 0.133. The lowest BCUT2D eigenvalue weighted by Gasteiger charge is -2.16. The van der Waals surface area contributed by atoms with Crippen LogP contribution in [-0.4, -0.2) is 27.5 Å². The molecule has 0 amide bonds. The van der Waals surface area contributed by atoms with Crippen LogP contribution in [0.25, 0.3) is 0 Å². The van der Waals surface area contributed by atoms with Gasteiger partial charge in [-0.3, -0.25) is 24.4 Å². The van der Waals surface area contributed by atoms with Crippen molar-refractivity contribution in [3.63, 3.8) is 0 Å². The first-order valence-electron chi connectivity index (χ1n) is 6.24. The van der Waals surface area contributed by atoms with Crippen molar-refractivity contribution in [3.05, 3.63) is 58.7 Å². The number of carbonyl (C=O) groups is 3. The lowest BCUT2D eigenvalue weighted by Crippen LogP contribution is -2.23. The summed E-state index contributed by atoms with van der Waals surface area (Å²) in [6, 6.07) is 4.69. The van der Waals surface area contributed by atoms with E-state index in [2.05, 4.69) is 9.97 Å². The van der Waals surface area contributed by atoms with Crippen molar-refractivity contribution < 1.29 is 19.1 Å². The molecule has 0 bridgehead atoms. The van der Waals surface area contributed by atoms with Crippen LogP contribution in [0.2, 0.25) is 0 Å². The first-order valence-corrected chi connectivity index (χ1v) is 6.24. The zero-order valence-electron chi connectivity index (χ0n) is 11.1. The van der Waals surface area contributed by atoms with Gasteiger partial charge in [0.05, 0.1) is 11.1 Å². The first kappa shape index (κ1) is 13.1. The monoisotopic (exact) mass is 282 g/mol. The van der Waals surface area contributed by atoms with Gasteiger partial charge in [-0.25, -0.2) is 0 Å². The van der Waals surface area contributed by atoms with Crippen LogP contribution >= 0.6 is 0 Å². The van der Waals surface area contributed by atoms with Gasteiger partial charge in [0, 0.05) is 24.9 Å². The van der Waals surface area contributed by atoms with Crippen LogP contribution in [0.3, 0.4) is 0 Å². The summed E-state index contributed by atoms with van der Waals surface area (Å²) in [5, 5.41) is 0. The summed E-state index contributed by atoms with van der Waals surface area (Å²) in [5.41, 5.74) is 1.23. The summed E-state index contributed by atoms with van der Waals surface area (Å²) < 4.78 is 4.86. The Labute approximate surface area is 119 Å². The van der Waals surface area contributed by atoms with E-state index in [0.717, 1.165) is 0 Å². The lowest BCUT2D eigenvalue weighted by atomic mass is 9.90. The number of nitrogens with zero attached hydrogens (tertiary/aromatic N) is 2. The molecule has 0 radical (unpaired) electrons. The van der Waals surface area contributed by atoms with Crippen molar-refractivity contribution in [3.8, 4) is 0 Å². The molecule has 6 nitrogen and oxygen atoms in total. The normalized spacial score (nSPS) is 12.6. The Morgan fingerprint density at radius 2 is 1.90 bits per heavy atom. The number of aromatic nitrogens is 2. The number of esters is 1. The molecule has 0 saturated heterocycles. The predicted molar refractivity (Wildman–Crippen MR) is 70.8 cm³/mol. The Morgan fingerprint density at radius 3 is 2.67 bits per heavy atom. The number of ether oxygens (including phenoxy) is 1. The second-order valence-corrected chi connectivity index (χ2v) is 4.58. The zero-order chi connectivity index (χ0) is 15.0. The Balaban J connectivity index is 2.04. The molecular formula is C15H10N2O4. The molecular weight excluding hydrogens is 272 g/mol. The highest BCUT2D eigenvalue weighted by Gasteiger charge is 2.31. The van der Waals surface area contributed by atoms with Gasteiger partial charge in [0.2, 0.25) is 5.78 Å². The van der Waals surface area contributed by atoms with Gasteiger partial charge in [-0.05, 0) is 18.2 Å². The first-order chi connectivity index (χ1) is 10.1. The molecule has 2 aromatic heterocycles. The summed E-state index contributed by atoms with van der Waals surface area (Å²) in [5.74, 6) is -1.10. The highest BCUT2D eigenvalue weighted by molar-refractivity contribution is 6.26. The molecule has 0 atom stereocenters. The Kier molecular flexibility index (Phi) is 3.06. The minimum Gasteiger partial charge on any atom is -0.461 e. The molecule has 2 heterocycles. The second kappa shape index (κ2) is 4.90. The van der Waals surface area contributed by atoms with E-state index in [1.165, 1.54) is 25.4 Å². The number of carbonyl (C=O) groups excluding carboxylic acids is 3. The highest BCUT2D eigenvalue weighted by atomic mass is 16.5. The van der Waals surface area contributed by atoms with Crippen molar-refractivity contribution >= 4 is 17.5 Å². The van der Waals surface area contributed by atoms with Crippen LogP contribution in [0.4, 0.5) is 0 Å². The Morgan fingerprint density at radius 1 is 1.14 bits per heavy atom. The number of hydrogen-bond acceptors (Lipinski definition) is 6. The summed E-state index contributed by atoms with van der Waals surface area (Å²) in [4.78, 5) is 43.5. The third kappa shape index (κ3) is 2.20. The minimum atomic E-state index is -0.426. The van der Waals surface area contributed by atoms with Gasteiger partial charge in [0.1, 0.15) is 18.0 Å². The maximum absolute atomic E-state index is 12.4. The second-order valence-electron chi connectivity index (χ2n) is 4.58. The number of pyridine rings is 2. The molecule has 0 aromatic carbocycles. The smallest absolute Gasteiger partial charge is 0.302 e. The van der Waals surface area contributed by atoms with Crippen molar-refractivity contribution in [2.75, 3.05) is 0 Å². The standard InChI is InChI=1S/C15H10N2O4/c1-8(18)21-7-9-5-11-13(17-6-9)15(20)12-10(14(11)19)3-2-4-16-12/h2-6H,7H2,1H3. The van der Waals surface area contributed by atoms with Crippen molar-refractivity contribution in [1.82, 2.24) is 9.97 Å². The molecule has 0 spiro atoms. The summed E-state index contributed by atoms with van der Waals surface area (Å²) >= 11 is 0. The summed E-state index contributed by atoms with van der Waals surface area (Å²) in [6.07, 6.45) is 2.88. The zero-order valence-corrected chi connectivity index (χ0v) is 11.1. The van der Waals surface area contributed by atoms with E-state index in [-0.39, 0.29) is 40.7 Å². The van der Waals surface area contributed by atoms with Gasteiger partial charge in [0.15, 0.2) is 5.78 Å². The van der Waals surface area contributed by atoms with E-state index >= 15 is 0 Å². The van der Waals surface area contributed by atoms with E-state index in [9.17, 15) is 14.4 Å². The van der Waals surface area contributed by atoms with Crippen LogP contribution < -0.4 is 0 Å². The Bertz CT molecular complexity index is 783. The predicted octanol–water partition coefficient (Wildman–Crippen LogP) is 1.32. The highest BCUT2D eigenvalue weighted by Crippen LogP contribution is 2.25. The van der Waals surface area contributed by atoms with Crippen LogP contribution in [0.15, 0.2) is 30.6 Å². The third-order valence-electron chi connectivity index (χ3n) is 3.11. The molecule has 0 unspecified atom stereocenters. The van der Waals surface area contributed by atoms with Crippen LogP contribution in [-0.2, 0) is 16.1 Å². The molecule has 0 fully saturated rings. The van der Waals surface area contributed by atoms with Crippen molar-refractivity contribution in [2.24, 2.45) is 0 Å². The molecule has 6 heteroatoms. The fourth-order valence-corrected chi connectivity index (χ4v) is 2.15. The molecule has 2 aromatic rings. The largest absolute Gasteiger partial charge is 0.461 e. The number of rotatable bonds is 2. The van der Waals surface area contributed by atoms with E-state index in [0.29, 0.717) is 5.56 Å². The molecule has 21 heavy (non-hydrogen) atoms. The van der Waals surface area contributed by atoms with Gasteiger partial charge in [-0.1, -0.05) is 0 Å². The number of ketones is 2. The molecule has 0 aliphatic heterocycles. The third-order valence-corrected chi connectivity index (χ3v) is 3.11. The maximum Gasteiger partial charge on any atom is 0.302 e. The van der Waals surface area contributed by atoms with Crippen molar-refractivity contribution in [2.45, 2.75) is 13.5 Å². The lowest BCUT2D eigenvalue weighted by molar-refractivity contribution is -0.142. The Hall–Kier alpha value is -2.89. The van der Waals surface area contributed by atoms with Gasteiger partial charge >= 0.3 is 5.97 Å². The number of fused-ring (bicyclic) bond motifs is 2. The quantitative estimate of drug-likeness (QED) is 0.659. The van der Waals surface area contributed by atoms with E-state index in [1.807, 2.05) is 0 Å². The van der Waals surface area contributed by atoms with E-state index < -0.39 is 5.97 Å². The molecule has 104 valence electrons. The molecule has 1 aliphatic carbocycles. The summed E-state index contributed by atoms with van der Waals surface area (Å²) in [6.45, 7) is 1.30. The topological polar surface area (TPSA) is 86.2 Å². The molecule has 0 saturated carbocycles. The summed E-state index contributed by atoms with van der Waals surface area (Å²) in [7, 11) is 0. The maximum atomic E-state index is 12.4. The SMILES string of the molecule is CC(=O)OCc1cnc2c(c1)C(=O)c1cccnc1C2=O. The van der Waals surface area contributed by atoms with Gasteiger partial charge in [0.25, 0.3) is 0 Å². The number of hydrogen-bond donors (Lipinski definition) is 0.